The van der Waals surface area contributed by atoms with Gasteiger partial charge in [-0.25, -0.2) is 26.1 Å². The van der Waals surface area contributed by atoms with E-state index in [4.69, 9.17) is 4.74 Å². The summed E-state index contributed by atoms with van der Waals surface area (Å²) in [6, 6.07) is 3.49. The zero-order valence-electron chi connectivity index (χ0n) is 56.1. The van der Waals surface area contributed by atoms with E-state index in [1.54, 1.807) is 94.6 Å². The number of likely N-dealkylation sites (tertiary alicyclic amines) is 2. The molecular formula is C59H108N8O18S2. The van der Waals surface area contributed by atoms with Gasteiger partial charge in [-0.05, 0) is 120 Å². The minimum Gasteiger partial charge on any atom is -0.469 e. The second-order valence-electron chi connectivity index (χ2n) is 20.5. The summed E-state index contributed by atoms with van der Waals surface area (Å²) in [5.41, 5.74) is 0.664. The van der Waals surface area contributed by atoms with Gasteiger partial charge >= 0.3 is 11.9 Å². The fourth-order valence-corrected chi connectivity index (χ4v) is 7.36. The van der Waals surface area contributed by atoms with Crippen LogP contribution in [-0.4, -0.2) is 255 Å². The van der Waals surface area contributed by atoms with Gasteiger partial charge in [-0.1, -0.05) is 6.42 Å². The Morgan fingerprint density at radius 2 is 1.16 bits per heavy atom. The van der Waals surface area contributed by atoms with Gasteiger partial charge in [0.1, 0.15) is 36.4 Å². The number of carbonyl (C=O) groups excluding carboxylic acids is 9. The number of ketones is 5. The van der Waals surface area contributed by atoms with Gasteiger partial charge in [0.15, 0.2) is 26.4 Å². The smallest absolute Gasteiger partial charge is 0.302 e. The number of sulfonamides is 1. The number of carbonyl (C=O) groups is 9. The molecule has 0 atom stereocenters. The van der Waals surface area contributed by atoms with Crippen LogP contribution in [0, 0.1) is 12.8 Å². The number of piperidine rings is 2. The highest BCUT2D eigenvalue weighted by Gasteiger charge is 2.23. The summed E-state index contributed by atoms with van der Waals surface area (Å²) in [4.78, 5) is 110. The lowest BCUT2D eigenvalue weighted by Gasteiger charge is -2.29. The molecule has 26 nitrogen and oxygen atoms in total. The van der Waals surface area contributed by atoms with Crippen LogP contribution < -0.4 is 0 Å². The van der Waals surface area contributed by atoms with Crippen molar-refractivity contribution in [2.24, 2.45) is 13.0 Å². The third-order valence-corrected chi connectivity index (χ3v) is 14.3. The third kappa shape index (κ3) is 60.3. The first-order valence-corrected chi connectivity index (χ1v) is 32.1. The minimum atomic E-state index is -3.11. The van der Waals surface area contributed by atoms with Crippen LogP contribution in [0.4, 0.5) is 0 Å². The molecule has 28 heteroatoms. The molecule has 3 aliphatic rings. The fourth-order valence-electron chi connectivity index (χ4n) is 6.49. The number of aromatic nitrogens is 3. The number of morpholine rings is 1. The Kier molecular flexibility index (Phi) is 56.3. The number of rotatable bonds is 16. The van der Waals surface area contributed by atoms with Crippen molar-refractivity contribution in [3.05, 3.63) is 42.1 Å². The second-order valence-corrected chi connectivity index (χ2v) is 24.6. The highest BCUT2D eigenvalue weighted by molar-refractivity contribution is 7.90. The van der Waals surface area contributed by atoms with Gasteiger partial charge in [-0.15, -0.1) is 0 Å². The average Bonchev–Trinajstić information content (AvgIpc) is 2.55. The number of hydrogen-bond donors (Lipinski definition) is 0. The Hall–Kier alpha value is -5.75. The van der Waals surface area contributed by atoms with E-state index < -0.39 is 19.9 Å². The van der Waals surface area contributed by atoms with Gasteiger partial charge in [0.2, 0.25) is 21.8 Å². The molecule has 2 aromatic rings. The van der Waals surface area contributed by atoms with E-state index in [1.165, 1.54) is 101 Å². The SMILES string of the molecule is CC(=O)C1CCN(C(C)=O)CC1.CC(=O)CCCN(C)C.CC(=O)CCN1CCCCC1.CC(=O)N1CCOCC1.CC(=O)c1cccnc1.CN(C)S(C)(=O)=O.COC(C)=O.COCC(C)=O.COCCOC(C)=O.Cc1ncc(S(C)(=O)=O)n1C. The van der Waals surface area contributed by atoms with E-state index in [-0.39, 0.29) is 64.4 Å². The normalized spacial score (nSPS) is 13.5. The second kappa shape index (κ2) is 54.4. The molecule has 0 radical (unpaired) electrons. The summed E-state index contributed by atoms with van der Waals surface area (Å²) >= 11 is 0. The number of hydrogen-bond acceptors (Lipinski definition) is 22. The quantitative estimate of drug-likeness (QED) is 0.126. The van der Waals surface area contributed by atoms with Crippen LogP contribution in [0.15, 0.2) is 35.7 Å². The van der Waals surface area contributed by atoms with Crippen LogP contribution in [0.1, 0.15) is 130 Å². The van der Waals surface area contributed by atoms with Crippen LogP contribution in [0.25, 0.3) is 0 Å². The number of pyridine rings is 1. The fraction of sp³-hybridized carbons (Fsp3) is 0.712. The first-order chi connectivity index (χ1) is 40.3. The van der Waals surface area contributed by atoms with Gasteiger partial charge < -0.3 is 52.6 Å². The maximum absolute atomic E-state index is 11.0. The molecule has 0 aromatic carbocycles. The predicted octanol–water partition coefficient (Wildman–Crippen LogP) is 4.59. The largest absolute Gasteiger partial charge is 0.469 e. The lowest BCUT2D eigenvalue weighted by Crippen LogP contribution is -2.39. The number of sulfone groups is 1. The number of Topliss-reactive ketones (excluding diaryl/α,β-unsaturated/α-hetero) is 5. The summed E-state index contributed by atoms with van der Waals surface area (Å²) in [6.07, 6.45) is 15.0. The number of nitrogens with zero attached hydrogens (tertiary/aromatic N) is 8. The van der Waals surface area contributed by atoms with E-state index in [9.17, 15) is 60.0 Å². The first-order valence-electron chi connectivity index (χ1n) is 28.4. The average molecular weight is 1280 g/mol. The van der Waals surface area contributed by atoms with Gasteiger partial charge in [0.25, 0.3) is 0 Å². The van der Waals surface area contributed by atoms with E-state index in [0.29, 0.717) is 43.6 Å². The molecule has 3 saturated heterocycles. The molecular weight excluding hydrogens is 1170 g/mol. The highest BCUT2D eigenvalue weighted by atomic mass is 32.2. The maximum atomic E-state index is 11.0. The lowest BCUT2D eigenvalue weighted by molar-refractivity contribution is -0.142. The maximum Gasteiger partial charge on any atom is 0.302 e. The van der Waals surface area contributed by atoms with Gasteiger partial charge in [-0.3, -0.25) is 43.3 Å². The number of ether oxygens (including phenoxy) is 5. The van der Waals surface area contributed by atoms with Crippen LogP contribution in [0.2, 0.25) is 0 Å². The summed E-state index contributed by atoms with van der Waals surface area (Å²) < 4.78 is 68.0. The van der Waals surface area contributed by atoms with Crippen molar-refractivity contribution in [2.75, 3.05) is 147 Å². The number of aryl methyl sites for hydroxylation is 1. The van der Waals surface area contributed by atoms with E-state index >= 15 is 0 Å². The molecule has 0 aliphatic carbocycles. The van der Waals surface area contributed by atoms with Crippen LogP contribution in [0.3, 0.4) is 0 Å². The molecule has 0 spiro atoms. The van der Waals surface area contributed by atoms with Crippen molar-refractivity contribution in [3.8, 4) is 0 Å². The molecule has 3 aliphatic heterocycles. The molecule has 2 aromatic heterocycles. The summed E-state index contributed by atoms with van der Waals surface area (Å²) in [5, 5.41) is 0.259. The summed E-state index contributed by atoms with van der Waals surface area (Å²) in [7, 11) is 7.09. The summed E-state index contributed by atoms with van der Waals surface area (Å²) in [5.74, 6) is 1.65. The van der Waals surface area contributed by atoms with E-state index in [1.807, 2.05) is 14.1 Å². The van der Waals surface area contributed by atoms with Crippen LogP contribution >= 0.6 is 0 Å². The molecule has 0 saturated carbocycles. The molecule has 5 rings (SSSR count). The van der Waals surface area contributed by atoms with Crippen molar-refractivity contribution in [1.29, 1.82) is 0 Å². The minimum absolute atomic E-state index is 0.0584. The van der Waals surface area contributed by atoms with Crippen molar-refractivity contribution in [1.82, 2.24) is 38.4 Å². The van der Waals surface area contributed by atoms with Crippen molar-refractivity contribution >= 4 is 72.5 Å². The zero-order valence-corrected chi connectivity index (χ0v) is 57.7. The lowest BCUT2D eigenvalue weighted by atomic mass is 9.93. The van der Waals surface area contributed by atoms with Gasteiger partial charge in [0.05, 0.1) is 39.4 Å². The molecule has 5 heterocycles. The van der Waals surface area contributed by atoms with Gasteiger partial charge in [-0.2, -0.15) is 0 Å². The number of amides is 2. The standard InChI is InChI=1S/C9H15NO2.C9H17NO.C7H7NO.C7H15NO.C6H10N2O2S.C6H11NO2.C5H10O3.C4H8O2.C3H9NO2S.C3H6O2/c1-7(11)9-3-5-10(6-4-9)8(2)12;1-9(11)5-8-10-6-3-2-4-7-10;1-6(9)7-3-2-4-8-5-7;1-7(9)5-4-6-8(2)3;1-5-7-4-6(8(5)2)11(3,9)10;1-6(8)7-2-4-9-5-3-7;1-5(6)8-4-3-7-2;1-4(5)3-6-2;1-4(2)7(3,5)6;1-3(4)5-2/h9H,3-6H2,1-2H3;2-8H2,1H3;2-5H,1H3;4-6H2,1-3H3;4H,1-3H3;2-5H2,1H3;3-4H2,1-2H3;3H2,1-2H3;1-3H3;1-2H3. The van der Waals surface area contributed by atoms with Crippen LogP contribution in [0.5, 0.6) is 0 Å². The van der Waals surface area contributed by atoms with E-state index in [0.717, 1.165) is 81.9 Å². The molecule has 504 valence electrons. The van der Waals surface area contributed by atoms with Crippen molar-refractivity contribution in [2.45, 2.75) is 126 Å². The molecule has 3 fully saturated rings. The monoisotopic (exact) mass is 1280 g/mol. The molecule has 0 bridgehead atoms. The predicted molar refractivity (Wildman–Crippen MR) is 335 cm³/mol. The Bertz CT molecular complexity index is 2430. The highest BCUT2D eigenvalue weighted by Crippen LogP contribution is 2.17. The van der Waals surface area contributed by atoms with Crippen LogP contribution in [-0.2, 0) is 88.9 Å². The Balaban J connectivity index is -0.000000289. The zero-order chi connectivity index (χ0) is 68.3. The van der Waals surface area contributed by atoms with E-state index in [2.05, 4.69) is 38.7 Å². The Labute approximate surface area is 520 Å². The van der Waals surface area contributed by atoms with Gasteiger partial charge in [0, 0.05) is 139 Å². The number of methoxy groups -OCH3 is 3. The third-order valence-electron chi connectivity index (χ3n) is 11.9. The Morgan fingerprint density at radius 3 is 1.44 bits per heavy atom. The number of esters is 2. The topological polar surface area (TPSA) is 315 Å². The first kappa shape index (κ1) is 90.0. The van der Waals surface area contributed by atoms with Crippen molar-refractivity contribution < 1.29 is 83.7 Å². The van der Waals surface area contributed by atoms with Crippen molar-refractivity contribution in [3.63, 3.8) is 0 Å². The summed E-state index contributed by atoms with van der Waals surface area (Å²) in [6.45, 7) is 25.5. The molecule has 0 unspecified atom stereocenters. The molecule has 0 N–H and O–H groups in total. The Morgan fingerprint density at radius 1 is 0.667 bits per heavy atom. The molecule has 87 heavy (non-hydrogen) atoms. The molecule has 2 amide bonds. The number of imidazole rings is 1.